The van der Waals surface area contributed by atoms with Gasteiger partial charge in [-0.2, -0.15) is 0 Å². The van der Waals surface area contributed by atoms with Gasteiger partial charge in [0.15, 0.2) is 6.17 Å². The van der Waals surface area contributed by atoms with Gasteiger partial charge in [-0.15, -0.1) is 0 Å². The first-order valence-electron chi connectivity index (χ1n) is 11.9. The zero-order valence-corrected chi connectivity index (χ0v) is 21.6. The van der Waals surface area contributed by atoms with Crippen LogP contribution in [0, 0.1) is 0 Å². The summed E-state index contributed by atoms with van der Waals surface area (Å²) in [6.45, 7) is 6.47. The molecule has 0 aliphatic heterocycles. The van der Waals surface area contributed by atoms with Crippen LogP contribution in [-0.4, -0.2) is 55.4 Å². The highest BCUT2D eigenvalue weighted by molar-refractivity contribution is 5.97. The van der Waals surface area contributed by atoms with Gasteiger partial charge in [-0.25, -0.2) is 18.8 Å². The molecule has 2 amide bonds. The number of rotatable bonds is 11. The standard InChI is InChI=1S/C27H33FN2O7/c1-17(2)36-25(32)22(28)15-23(26(33)37-18(3)4)29-24(31)20-11-13-21(14-12-20)30(5)27(34)35-16-19-9-7-6-8-10-19/h6-14,17-18,22-23H,15-16H2,1-5H3,(H,29,31)/t22-,23-/m0/s1. The van der Waals surface area contributed by atoms with Crippen molar-refractivity contribution in [3.05, 3.63) is 65.7 Å². The van der Waals surface area contributed by atoms with Gasteiger partial charge in [0.1, 0.15) is 12.6 Å². The molecule has 0 radical (unpaired) electrons. The number of esters is 2. The smallest absolute Gasteiger partial charge is 0.414 e. The van der Waals surface area contributed by atoms with Gasteiger partial charge in [0, 0.05) is 24.7 Å². The van der Waals surface area contributed by atoms with Crippen LogP contribution in [0.1, 0.15) is 50.0 Å². The van der Waals surface area contributed by atoms with Gasteiger partial charge < -0.3 is 19.5 Å². The van der Waals surface area contributed by atoms with Crippen molar-refractivity contribution in [2.24, 2.45) is 0 Å². The van der Waals surface area contributed by atoms with Gasteiger partial charge in [-0.3, -0.25) is 9.69 Å². The Morgan fingerprint density at radius 3 is 2.00 bits per heavy atom. The van der Waals surface area contributed by atoms with E-state index in [9.17, 15) is 23.6 Å². The summed E-state index contributed by atoms with van der Waals surface area (Å²) in [7, 11) is 1.53. The molecule has 0 aromatic heterocycles. The van der Waals surface area contributed by atoms with Crippen molar-refractivity contribution in [2.45, 2.75) is 65.1 Å². The lowest BCUT2D eigenvalue weighted by atomic mass is 10.1. The predicted molar refractivity (Wildman–Crippen MR) is 135 cm³/mol. The first-order valence-corrected chi connectivity index (χ1v) is 11.9. The average molecular weight is 517 g/mol. The normalized spacial score (nSPS) is 12.4. The van der Waals surface area contributed by atoms with Crippen LogP contribution >= 0.6 is 0 Å². The number of nitrogens with zero attached hydrogens (tertiary/aromatic N) is 1. The van der Waals surface area contributed by atoms with E-state index in [0.29, 0.717) is 5.69 Å². The lowest BCUT2D eigenvalue weighted by Crippen LogP contribution is -2.45. The average Bonchev–Trinajstić information content (AvgIpc) is 2.86. The molecule has 0 heterocycles. The fraction of sp³-hybridized carbons (Fsp3) is 0.407. The van der Waals surface area contributed by atoms with E-state index in [1.165, 1.54) is 36.2 Å². The lowest BCUT2D eigenvalue weighted by molar-refractivity contribution is -0.155. The fourth-order valence-electron chi connectivity index (χ4n) is 3.14. The van der Waals surface area contributed by atoms with Gasteiger partial charge in [0.2, 0.25) is 0 Å². The summed E-state index contributed by atoms with van der Waals surface area (Å²) < 4.78 is 29.7. The molecule has 2 aromatic rings. The summed E-state index contributed by atoms with van der Waals surface area (Å²) in [6.07, 6.45) is -4.40. The van der Waals surface area contributed by atoms with E-state index < -0.39 is 54.8 Å². The molecule has 0 spiro atoms. The number of anilines is 1. The molecule has 200 valence electrons. The lowest BCUT2D eigenvalue weighted by Gasteiger charge is -2.21. The second-order valence-electron chi connectivity index (χ2n) is 8.85. The number of carbonyl (C=O) groups is 4. The number of benzene rings is 2. The van der Waals surface area contributed by atoms with E-state index in [4.69, 9.17) is 14.2 Å². The van der Waals surface area contributed by atoms with E-state index in [2.05, 4.69) is 5.32 Å². The number of hydrogen-bond acceptors (Lipinski definition) is 7. The van der Waals surface area contributed by atoms with E-state index in [1.807, 2.05) is 30.3 Å². The molecule has 0 bridgehead atoms. The third kappa shape index (κ3) is 9.55. The highest BCUT2D eigenvalue weighted by atomic mass is 19.1. The predicted octanol–water partition coefficient (Wildman–Crippen LogP) is 4.19. The second kappa shape index (κ2) is 14.0. The van der Waals surface area contributed by atoms with E-state index in [-0.39, 0.29) is 12.2 Å². The number of nitrogens with one attached hydrogen (secondary N) is 1. The molecular formula is C27H33FN2O7. The highest BCUT2D eigenvalue weighted by Crippen LogP contribution is 2.17. The summed E-state index contributed by atoms with van der Waals surface area (Å²) in [5.41, 5.74) is 1.46. The van der Waals surface area contributed by atoms with E-state index in [0.717, 1.165) is 5.56 Å². The quantitative estimate of drug-likeness (QED) is 0.352. The Kier molecular flexibility index (Phi) is 11.0. The van der Waals surface area contributed by atoms with Crippen molar-refractivity contribution in [3.8, 4) is 0 Å². The fourth-order valence-corrected chi connectivity index (χ4v) is 3.14. The van der Waals surface area contributed by atoms with Crippen molar-refractivity contribution < 1.29 is 37.8 Å². The monoisotopic (exact) mass is 516 g/mol. The SMILES string of the molecule is CC(C)OC(=O)[C@H](C[C@H](F)C(=O)OC(C)C)NC(=O)c1ccc(N(C)C(=O)OCc2ccccc2)cc1. The van der Waals surface area contributed by atoms with Crippen molar-refractivity contribution in [3.63, 3.8) is 0 Å². The maximum atomic E-state index is 14.5. The Morgan fingerprint density at radius 1 is 0.865 bits per heavy atom. The summed E-state index contributed by atoms with van der Waals surface area (Å²) >= 11 is 0. The second-order valence-corrected chi connectivity index (χ2v) is 8.85. The Morgan fingerprint density at radius 2 is 1.43 bits per heavy atom. The van der Waals surface area contributed by atoms with E-state index >= 15 is 0 Å². The molecule has 0 saturated heterocycles. The molecule has 2 aromatic carbocycles. The Balaban J connectivity index is 2.04. The van der Waals surface area contributed by atoms with Crippen LogP contribution < -0.4 is 10.2 Å². The number of carbonyl (C=O) groups excluding carboxylic acids is 4. The third-order valence-corrected chi connectivity index (χ3v) is 4.99. The third-order valence-electron chi connectivity index (χ3n) is 4.99. The van der Waals surface area contributed by atoms with Gasteiger partial charge in [0.05, 0.1) is 12.2 Å². The molecule has 10 heteroatoms. The molecule has 1 N–H and O–H groups in total. The van der Waals surface area contributed by atoms with Gasteiger partial charge >= 0.3 is 18.0 Å². The minimum absolute atomic E-state index is 0.110. The van der Waals surface area contributed by atoms with Crippen LogP contribution in [0.25, 0.3) is 0 Å². The Labute approximate surface area is 215 Å². The minimum Gasteiger partial charge on any atom is -0.461 e. The molecule has 2 atom stereocenters. The van der Waals surface area contributed by atoms with Crippen LogP contribution in [0.2, 0.25) is 0 Å². The number of halogens is 1. The summed E-state index contributed by atoms with van der Waals surface area (Å²) in [6, 6.07) is 13.7. The van der Waals surface area contributed by atoms with Crippen LogP contribution in [-0.2, 0) is 30.4 Å². The maximum Gasteiger partial charge on any atom is 0.414 e. The van der Waals surface area contributed by atoms with Crippen molar-refractivity contribution >= 4 is 29.6 Å². The summed E-state index contributed by atoms with van der Waals surface area (Å²) in [4.78, 5) is 50.8. The first-order chi connectivity index (χ1) is 17.5. The van der Waals surface area contributed by atoms with Crippen molar-refractivity contribution in [1.82, 2.24) is 5.32 Å². The van der Waals surface area contributed by atoms with Gasteiger partial charge in [-0.05, 0) is 57.5 Å². The summed E-state index contributed by atoms with van der Waals surface area (Å²) in [5.74, 6) is -2.69. The molecule has 0 aliphatic carbocycles. The molecule has 9 nitrogen and oxygen atoms in total. The van der Waals surface area contributed by atoms with Gasteiger partial charge in [0.25, 0.3) is 5.91 Å². The number of hydrogen-bond donors (Lipinski definition) is 1. The first kappa shape index (κ1) is 29.3. The van der Waals surface area contributed by atoms with Crippen molar-refractivity contribution in [2.75, 3.05) is 11.9 Å². The van der Waals surface area contributed by atoms with Crippen LogP contribution in [0.3, 0.4) is 0 Å². The number of amides is 2. The van der Waals surface area contributed by atoms with Crippen LogP contribution in [0.5, 0.6) is 0 Å². The van der Waals surface area contributed by atoms with Gasteiger partial charge in [-0.1, -0.05) is 30.3 Å². The van der Waals surface area contributed by atoms with Crippen LogP contribution in [0.15, 0.2) is 54.6 Å². The maximum absolute atomic E-state index is 14.5. The largest absolute Gasteiger partial charge is 0.461 e. The zero-order valence-electron chi connectivity index (χ0n) is 21.6. The molecule has 37 heavy (non-hydrogen) atoms. The van der Waals surface area contributed by atoms with Crippen LogP contribution in [0.4, 0.5) is 14.9 Å². The molecule has 2 rings (SSSR count). The zero-order chi connectivity index (χ0) is 27.5. The highest BCUT2D eigenvalue weighted by Gasteiger charge is 2.31. The minimum atomic E-state index is -2.13. The molecular weight excluding hydrogens is 483 g/mol. The molecule has 0 fully saturated rings. The van der Waals surface area contributed by atoms with E-state index in [1.54, 1.807) is 27.7 Å². The Bertz CT molecular complexity index is 1060. The Hall–Kier alpha value is -3.95. The molecule has 0 unspecified atom stereocenters. The summed E-state index contributed by atoms with van der Waals surface area (Å²) in [5, 5.41) is 2.42. The van der Waals surface area contributed by atoms with Crippen molar-refractivity contribution in [1.29, 1.82) is 0 Å². The molecule has 0 aliphatic rings. The topological polar surface area (TPSA) is 111 Å². The number of ether oxygens (including phenoxy) is 3. The molecule has 0 saturated carbocycles. The number of alkyl halides is 1.